The van der Waals surface area contributed by atoms with Gasteiger partial charge in [0.25, 0.3) is 0 Å². The first-order chi connectivity index (χ1) is 19.0. The van der Waals surface area contributed by atoms with E-state index >= 15 is 0 Å². The standard InChI is InChI=1S/C33H23ClN2O3/c34-23-16-17-26-22(19-23)15-18-27-33(24-13-7-8-14-25(24)35-32(33)39)28(30(37)20-9-3-1-4-10-20)29(36(26)27)31(38)21-11-5-2-6-12-21/h1-19,27-29H,(H,35,39)/t27-,28-,29+,33-/m1/s1. The number of para-hydroxylation sites is 1. The van der Waals surface area contributed by atoms with Crippen molar-refractivity contribution in [1.29, 1.82) is 0 Å². The molecule has 3 heterocycles. The Balaban J connectivity index is 1.55. The second kappa shape index (κ2) is 8.79. The fourth-order valence-electron chi connectivity index (χ4n) is 6.71. The number of nitrogens with zero attached hydrogens (tertiary/aromatic N) is 1. The van der Waals surface area contributed by atoms with Gasteiger partial charge in [-0.15, -0.1) is 0 Å². The molecule has 1 spiro atoms. The second-order valence-corrected chi connectivity index (χ2v) is 10.6. The Morgan fingerprint density at radius 3 is 2.15 bits per heavy atom. The molecule has 5 nitrogen and oxygen atoms in total. The van der Waals surface area contributed by atoms with Gasteiger partial charge in [0.15, 0.2) is 11.6 Å². The summed E-state index contributed by atoms with van der Waals surface area (Å²) in [4.78, 5) is 45.4. The summed E-state index contributed by atoms with van der Waals surface area (Å²) >= 11 is 6.35. The lowest BCUT2D eigenvalue weighted by atomic mass is 9.64. The Bertz CT molecular complexity index is 1680. The number of nitrogens with one attached hydrogen (secondary N) is 1. The zero-order valence-electron chi connectivity index (χ0n) is 20.8. The number of hydrogen-bond acceptors (Lipinski definition) is 4. The number of amides is 1. The van der Waals surface area contributed by atoms with Crippen LogP contribution in [-0.4, -0.2) is 29.6 Å². The number of fused-ring (bicyclic) bond motifs is 6. The van der Waals surface area contributed by atoms with Gasteiger partial charge in [0.1, 0.15) is 11.5 Å². The number of anilines is 2. The molecule has 7 rings (SSSR count). The molecule has 1 N–H and O–H groups in total. The number of carbonyl (C=O) groups excluding carboxylic acids is 3. The molecule has 3 aliphatic rings. The number of rotatable bonds is 4. The highest BCUT2D eigenvalue weighted by molar-refractivity contribution is 6.31. The highest BCUT2D eigenvalue weighted by Crippen LogP contribution is 2.58. The molecule has 4 aromatic carbocycles. The van der Waals surface area contributed by atoms with Gasteiger partial charge in [-0.05, 0) is 35.4 Å². The smallest absolute Gasteiger partial charge is 0.238 e. The predicted octanol–water partition coefficient (Wildman–Crippen LogP) is 6.20. The van der Waals surface area contributed by atoms with Crippen LogP contribution in [0.2, 0.25) is 5.02 Å². The topological polar surface area (TPSA) is 66.5 Å². The largest absolute Gasteiger partial charge is 0.352 e. The van der Waals surface area contributed by atoms with Gasteiger partial charge in [0.2, 0.25) is 5.91 Å². The maximum atomic E-state index is 14.6. The van der Waals surface area contributed by atoms with Gasteiger partial charge in [-0.1, -0.05) is 103 Å². The van der Waals surface area contributed by atoms with Crippen LogP contribution in [0.4, 0.5) is 11.4 Å². The van der Waals surface area contributed by atoms with E-state index in [1.54, 1.807) is 42.5 Å². The van der Waals surface area contributed by atoms with Crippen LogP contribution >= 0.6 is 11.6 Å². The summed E-state index contributed by atoms with van der Waals surface area (Å²) in [6.45, 7) is 0. The Hall–Kier alpha value is -4.48. The van der Waals surface area contributed by atoms with Crippen LogP contribution in [0.5, 0.6) is 0 Å². The molecule has 0 unspecified atom stereocenters. The molecule has 0 aromatic heterocycles. The first-order valence-corrected chi connectivity index (χ1v) is 13.2. The van der Waals surface area contributed by atoms with Crippen LogP contribution in [0.1, 0.15) is 31.8 Å². The van der Waals surface area contributed by atoms with E-state index in [2.05, 4.69) is 5.32 Å². The lowest BCUT2D eigenvalue weighted by Gasteiger charge is -2.37. The average molecular weight is 531 g/mol. The van der Waals surface area contributed by atoms with E-state index in [4.69, 9.17) is 11.6 Å². The Morgan fingerprint density at radius 1 is 0.795 bits per heavy atom. The third kappa shape index (κ3) is 3.30. The van der Waals surface area contributed by atoms with Crippen molar-refractivity contribution < 1.29 is 14.4 Å². The van der Waals surface area contributed by atoms with E-state index in [0.717, 1.165) is 16.8 Å². The van der Waals surface area contributed by atoms with E-state index in [1.807, 2.05) is 77.7 Å². The molecule has 0 aliphatic carbocycles. The Kier molecular flexibility index (Phi) is 5.32. The van der Waals surface area contributed by atoms with Crippen LogP contribution in [0.15, 0.2) is 109 Å². The molecule has 1 fully saturated rings. The normalized spacial score (nSPS) is 24.2. The van der Waals surface area contributed by atoms with Crippen molar-refractivity contribution in [2.45, 2.75) is 17.5 Å². The third-order valence-electron chi connectivity index (χ3n) is 8.26. The van der Waals surface area contributed by atoms with Gasteiger partial charge in [-0.2, -0.15) is 0 Å². The van der Waals surface area contributed by atoms with E-state index in [0.29, 0.717) is 21.8 Å². The lowest BCUT2D eigenvalue weighted by Crippen LogP contribution is -2.51. The van der Waals surface area contributed by atoms with Crippen molar-refractivity contribution in [3.63, 3.8) is 0 Å². The number of hydrogen-bond donors (Lipinski definition) is 1. The summed E-state index contributed by atoms with van der Waals surface area (Å²) in [5.41, 5.74) is 2.61. The van der Waals surface area contributed by atoms with Crippen LogP contribution < -0.4 is 10.2 Å². The van der Waals surface area contributed by atoms with Gasteiger partial charge in [0, 0.05) is 27.5 Å². The second-order valence-electron chi connectivity index (χ2n) is 10.2. The fourth-order valence-corrected chi connectivity index (χ4v) is 6.89. The lowest BCUT2D eigenvalue weighted by molar-refractivity contribution is -0.121. The molecule has 0 bridgehead atoms. The Morgan fingerprint density at radius 2 is 1.44 bits per heavy atom. The summed E-state index contributed by atoms with van der Waals surface area (Å²) in [7, 11) is 0. The van der Waals surface area contributed by atoms with Crippen LogP contribution in [0.25, 0.3) is 6.08 Å². The molecule has 4 aromatic rings. The van der Waals surface area contributed by atoms with E-state index in [9.17, 15) is 14.4 Å². The van der Waals surface area contributed by atoms with Gasteiger partial charge in [-0.25, -0.2) is 0 Å². The van der Waals surface area contributed by atoms with Gasteiger partial charge in [0.05, 0.1) is 12.0 Å². The SMILES string of the molecule is O=C(c1ccccc1)[C@@H]1[C@H](C(=O)c2ccccc2)[C@]2(C(=O)Nc3ccccc32)[C@H]2C=Cc3cc(Cl)ccc3N12. The highest BCUT2D eigenvalue weighted by Gasteiger charge is 2.70. The summed E-state index contributed by atoms with van der Waals surface area (Å²) in [5.74, 6) is -1.72. The third-order valence-corrected chi connectivity index (χ3v) is 8.50. The fraction of sp³-hybridized carbons (Fsp3) is 0.121. The average Bonchev–Trinajstić information content (AvgIpc) is 3.45. The first kappa shape index (κ1) is 23.6. The maximum Gasteiger partial charge on any atom is 0.238 e. The molecule has 39 heavy (non-hydrogen) atoms. The molecular weight excluding hydrogens is 508 g/mol. The van der Waals surface area contributed by atoms with Crippen molar-refractivity contribution in [3.8, 4) is 0 Å². The summed E-state index contributed by atoms with van der Waals surface area (Å²) in [5, 5.41) is 3.61. The zero-order valence-corrected chi connectivity index (χ0v) is 21.5. The maximum absolute atomic E-state index is 14.6. The molecule has 0 saturated carbocycles. The number of carbonyl (C=O) groups is 3. The van der Waals surface area contributed by atoms with E-state index in [-0.39, 0.29) is 17.5 Å². The highest BCUT2D eigenvalue weighted by atomic mass is 35.5. The van der Waals surface area contributed by atoms with Crippen LogP contribution in [-0.2, 0) is 10.2 Å². The Labute approximate surface area is 230 Å². The summed E-state index contributed by atoms with van der Waals surface area (Å²) < 4.78 is 0. The van der Waals surface area contributed by atoms with Crippen molar-refractivity contribution in [2.75, 3.05) is 10.2 Å². The summed E-state index contributed by atoms with van der Waals surface area (Å²) in [6.07, 6.45) is 3.89. The molecule has 4 atom stereocenters. The number of ketones is 2. The number of halogens is 1. The zero-order chi connectivity index (χ0) is 26.7. The molecule has 3 aliphatic heterocycles. The molecule has 1 saturated heterocycles. The van der Waals surface area contributed by atoms with E-state index < -0.39 is 23.4 Å². The molecule has 190 valence electrons. The van der Waals surface area contributed by atoms with Crippen LogP contribution in [0, 0.1) is 5.92 Å². The van der Waals surface area contributed by atoms with Gasteiger partial charge < -0.3 is 10.2 Å². The first-order valence-electron chi connectivity index (χ1n) is 12.9. The van der Waals surface area contributed by atoms with E-state index in [1.165, 1.54) is 0 Å². The molecule has 6 heteroatoms. The minimum Gasteiger partial charge on any atom is -0.352 e. The van der Waals surface area contributed by atoms with Crippen molar-refractivity contribution in [3.05, 3.63) is 136 Å². The molecular formula is C33H23ClN2O3. The predicted molar refractivity (Wildman–Crippen MR) is 152 cm³/mol. The molecule has 0 radical (unpaired) electrons. The van der Waals surface area contributed by atoms with Crippen molar-refractivity contribution in [1.82, 2.24) is 0 Å². The minimum absolute atomic E-state index is 0.208. The minimum atomic E-state index is -1.33. The number of Topliss-reactive ketones (excluding diaryl/α,β-unsaturated/α-hetero) is 2. The summed E-state index contributed by atoms with van der Waals surface area (Å²) in [6, 6.07) is 29.4. The van der Waals surface area contributed by atoms with Gasteiger partial charge in [-0.3, -0.25) is 14.4 Å². The van der Waals surface area contributed by atoms with Crippen molar-refractivity contribution >= 4 is 46.5 Å². The van der Waals surface area contributed by atoms with Crippen LogP contribution in [0.3, 0.4) is 0 Å². The quantitative estimate of drug-likeness (QED) is 0.319. The monoisotopic (exact) mass is 530 g/mol. The van der Waals surface area contributed by atoms with Crippen molar-refractivity contribution in [2.24, 2.45) is 5.92 Å². The van der Waals surface area contributed by atoms with Gasteiger partial charge >= 0.3 is 0 Å². The molecule has 1 amide bonds. The number of benzene rings is 4.